The fourth-order valence-corrected chi connectivity index (χ4v) is 3.08. The van der Waals surface area contributed by atoms with Crippen LogP contribution in [0.4, 0.5) is 0 Å². The molecule has 0 saturated heterocycles. The highest BCUT2D eigenvalue weighted by atomic mass is 15.3. The van der Waals surface area contributed by atoms with E-state index in [-0.39, 0.29) is 0 Å². The van der Waals surface area contributed by atoms with Crippen LogP contribution in [0, 0.1) is 6.92 Å². The third kappa shape index (κ3) is 1.63. The number of benzene rings is 1. The van der Waals surface area contributed by atoms with E-state index in [0.29, 0.717) is 5.92 Å². The summed E-state index contributed by atoms with van der Waals surface area (Å²) in [7, 11) is 0. The van der Waals surface area contributed by atoms with E-state index < -0.39 is 0 Å². The number of rotatable bonds is 1. The van der Waals surface area contributed by atoms with E-state index in [1.54, 1.807) is 6.33 Å². The SMILES string of the molecule is Cc1cccc2c1ncn1nc(C3CCCC3)nc21. The molecule has 0 spiro atoms. The number of para-hydroxylation sites is 1. The molecule has 4 heteroatoms. The predicted molar refractivity (Wildman–Crippen MR) is 74.2 cm³/mol. The van der Waals surface area contributed by atoms with Crippen LogP contribution in [-0.2, 0) is 0 Å². The van der Waals surface area contributed by atoms with Gasteiger partial charge in [0.1, 0.15) is 6.33 Å². The highest BCUT2D eigenvalue weighted by Crippen LogP contribution is 2.32. The van der Waals surface area contributed by atoms with E-state index in [4.69, 9.17) is 4.98 Å². The maximum absolute atomic E-state index is 4.78. The predicted octanol–water partition coefficient (Wildman–Crippen LogP) is 3.24. The Bertz CT molecular complexity index is 753. The van der Waals surface area contributed by atoms with Gasteiger partial charge < -0.3 is 0 Å². The average molecular weight is 252 g/mol. The standard InChI is InChI=1S/C15H16N4/c1-10-5-4-8-12-13(10)16-9-19-15(12)17-14(18-19)11-6-2-3-7-11/h4-5,8-9,11H,2-3,6-7H2,1H3. The third-order valence-corrected chi connectivity index (χ3v) is 4.14. The van der Waals surface area contributed by atoms with Crippen LogP contribution in [0.5, 0.6) is 0 Å². The van der Waals surface area contributed by atoms with Crippen molar-refractivity contribution in [3.05, 3.63) is 35.9 Å². The molecule has 1 saturated carbocycles. The Morgan fingerprint density at radius 2 is 2.05 bits per heavy atom. The lowest BCUT2D eigenvalue weighted by Gasteiger charge is -2.00. The van der Waals surface area contributed by atoms with Gasteiger partial charge in [0.25, 0.3) is 0 Å². The van der Waals surface area contributed by atoms with Crippen molar-refractivity contribution < 1.29 is 0 Å². The van der Waals surface area contributed by atoms with Crippen molar-refractivity contribution >= 4 is 16.6 Å². The minimum absolute atomic E-state index is 0.541. The van der Waals surface area contributed by atoms with Gasteiger partial charge in [0, 0.05) is 11.3 Å². The van der Waals surface area contributed by atoms with Crippen molar-refractivity contribution in [3.63, 3.8) is 0 Å². The molecule has 0 N–H and O–H groups in total. The molecule has 19 heavy (non-hydrogen) atoms. The van der Waals surface area contributed by atoms with E-state index in [2.05, 4.69) is 35.2 Å². The van der Waals surface area contributed by atoms with E-state index in [0.717, 1.165) is 22.4 Å². The normalized spacial score (nSPS) is 16.7. The summed E-state index contributed by atoms with van der Waals surface area (Å²) in [5.41, 5.74) is 3.15. The van der Waals surface area contributed by atoms with Crippen molar-refractivity contribution in [2.24, 2.45) is 0 Å². The number of fused-ring (bicyclic) bond motifs is 3. The van der Waals surface area contributed by atoms with Crippen LogP contribution in [0.25, 0.3) is 16.6 Å². The van der Waals surface area contributed by atoms with Crippen molar-refractivity contribution in [3.8, 4) is 0 Å². The first kappa shape index (κ1) is 10.9. The topological polar surface area (TPSA) is 43.1 Å². The van der Waals surface area contributed by atoms with Gasteiger partial charge in [-0.25, -0.2) is 14.5 Å². The van der Waals surface area contributed by atoms with Crippen LogP contribution >= 0.6 is 0 Å². The zero-order valence-corrected chi connectivity index (χ0v) is 11.0. The number of nitrogens with zero attached hydrogens (tertiary/aromatic N) is 4. The molecular formula is C15H16N4. The minimum Gasteiger partial charge on any atom is -0.236 e. The van der Waals surface area contributed by atoms with Gasteiger partial charge in [-0.15, -0.1) is 5.10 Å². The summed E-state index contributed by atoms with van der Waals surface area (Å²) in [6, 6.07) is 6.22. The number of aromatic nitrogens is 4. The molecule has 3 aromatic rings. The van der Waals surface area contributed by atoms with Crippen LogP contribution < -0.4 is 0 Å². The van der Waals surface area contributed by atoms with E-state index >= 15 is 0 Å². The van der Waals surface area contributed by atoms with Crippen molar-refractivity contribution in [1.29, 1.82) is 0 Å². The molecule has 1 aromatic carbocycles. The molecule has 96 valence electrons. The summed E-state index contributed by atoms with van der Waals surface area (Å²) < 4.78 is 1.83. The van der Waals surface area contributed by atoms with Crippen LogP contribution in [0.1, 0.15) is 43.0 Å². The fourth-order valence-electron chi connectivity index (χ4n) is 3.08. The Kier molecular flexibility index (Phi) is 2.31. The minimum atomic E-state index is 0.541. The zero-order valence-electron chi connectivity index (χ0n) is 11.0. The molecule has 0 unspecified atom stereocenters. The summed E-state index contributed by atoms with van der Waals surface area (Å²) in [5, 5.41) is 5.71. The molecule has 2 aromatic heterocycles. The molecule has 4 nitrogen and oxygen atoms in total. The van der Waals surface area contributed by atoms with Crippen molar-refractivity contribution in [2.75, 3.05) is 0 Å². The third-order valence-electron chi connectivity index (χ3n) is 4.14. The molecular weight excluding hydrogens is 236 g/mol. The van der Waals surface area contributed by atoms with E-state index in [1.165, 1.54) is 31.2 Å². The monoisotopic (exact) mass is 252 g/mol. The second kappa shape index (κ2) is 4.02. The molecule has 1 fully saturated rings. The summed E-state index contributed by atoms with van der Waals surface area (Å²) in [6.45, 7) is 2.08. The molecule has 0 atom stereocenters. The first-order valence-corrected chi connectivity index (χ1v) is 6.93. The Hall–Kier alpha value is -1.97. The summed E-state index contributed by atoms with van der Waals surface area (Å²) in [4.78, 5) is 9.29. The van der Waals surface area contributed by atoms with Gasteiger partial charge in [-0.1, -0.05) is 25.0 Å². The lowest BCUT2D eigenvalue weighted by molar-refractivity contribution is 0.665. The summed E-state index contributed by atoms with van der Waals surface area (Å²) in [6.07, 6.45) is 6.84. The second-order valence-corrected chi connectivity index (χ2v) is 5.44. The lowest BCUT2D eigenvalue weighted by Crippen LogP contribution is -1.96. The molecule has 1 aliphatic carbocycles. The molecule has 2 heterocycles. The molecule has 0 amide bonds. The maximum atomic E-state index is 4.78. The van der Waals surface area contributed by atoms with Crippen LogP contribution in [-0.4, -0.2) is 19.6 Å². The maximum Gasteiger partial charge on any atom is 0.166 e. The van der Waals surface area contributed by atoms with Crippen LogP contribution in [0.3, 0.4) is 0 Å². The Morgan fingerprint density at radius 1 is 1.21 bits per heavy atom. The fraction of sp³-hybridized carbons (Fsp3) is 0.400. The smallest absolute Gasteiger partial charge is 0.166 e. The number of hydrogen-bond donors (Lipinski definition) is 0. The van der Waals surface area contributed by atoms with Crippen molar-refractivity contribution in [1.82, 2.24) is 19.6 Å². The van der Waals surface area contributed by atoms with Gasteiger partial charge in [-0.3, -0.25) is 0 Å². The quantitative estimate of drug-likeness (QED) is 0.667. The van der Waals surface area contributed by atoms with Gasteiger partial charge in [0.05, 0.1) is 5.52 Å². The highest BCUT2D eigenvalue weighted by Gasteiger charge is 2.22. The molecule has 1 aliphatic rings. The Morgan fingerprint density at radius 3 is 2.89 bits per heavy atom. The van der Waals surface area contributed by atoms with Crippen LogP contribution in [0.15, 0.2) is 24.5 Å². The summed E-state index contributed by atoms with van der Waals surface area (Å²) >= 11 is 0. The lowest BCUT2D eigenvalue weighted by atomic mass is 10.1. The summed E-state index contributed by atoms with van der Waals surface area (Å²) in [5.74, 6) is 1.54. The van der Waals surface area contributed by atoms with E-state index in [1.807, 2.05) is 4.52 Å². The second-order valence-electron chi connectivity index (χ2n) is 5.44. The van der Waals surface area contributed by atoms with Gasteiger partial charge in [-0.05, 0) is 31.4 Å². The first-order valence-electron chi connectivity index (χ1n) is 6.93. The molecule has 0 radical (unpaired) electrons. The molecule has 0 aliphatic heterocycles. The van der Waals surface area contributed by atoms with Gasteiger partial charge in [0.15, 0.2) is 11.5 Å². The van der Waals surface area contributed by atoms with Crippen LogP contribution in [0.2, 0.25) is 0 Å². The zero-order chi connectivity index (χ0) is 12.8. The number of aryl methyl sites for hydroxylation is 1. The average Bonchev–Trinajstić information content (AvgIpc) is 3.08. The van der Waals surface area contributed by atoms with Gasteiger partial charge in [-0.2, -0.15) is 0 Å². The largest absolute Gasteiger partial charge is 0.236 e. The Labute approximate surface area is 111 Å². The Balaban J connectivity index is 1.97. The van der Waals surface area contributed by atoms with Crippen molar-refractivity contribution in [2.45, 2.75) is 38.5 Å². The first-order chi connectivity index (χ1) is 9.33. The highest BCUT2D eigenvalue weighted by molar-refractivity contribution is 5.92. The molecule has 4 rings (SSSR count). The number of hydrogen-bond acceptors (Lipinski definition) is 3. The molecule has 0 bridgehead atoms. The van der Waals surface area contributed by atoms with Gasteiger partial charge in [0.2, 0.25) is 0 Å². The van der Waals surface area contributed by atoms with E-state index in [9.17, 15) is 0 Å². The van der Waals surface area contributed by atoms with Gasteiger partial charge >= 0.3 is 0 Å².